The van der Waals surface area contributed by atoms with E-state index >= 15 is 0 Å². The van der Waals surface area contributed by atoms with Crippen LogP contribution in [0.15, 0.2) is 6.07 Å². The molecular weight excluding hydrogens is 250 g/mol. The number of nitrogens with one attached hydrogen (secondary N) is 1. The van der Waals surface area contributed by atoms with E-state index in [1.54, 1.807) is 13.2 Å². The van der Waals surface area contributed by atoms with Crippen LogP contribution < -0.4 is 5.32 Å². The van der Waals surface area contributed by atoms with E-state index in [4.69, 9.17) is 16.3 Å². The molecule has 0 bridgehead atoms. The average Bonchev–Trinajstić information content (AvgIpc) is 2.57. The maximum absolute atomic E-state index is 5.98. The van der Waals surface area contributed by atoms with Gasteiger partial charge in [0.1, 0.15) is 17.6 Å². The first kappa shape index (κ1) is 13.6. The minimum absolute atomic E-state index is 0.380. The van der Waals surface area contributed by atoms with Crippen LogP contribution in [0.4, 0.5) is 5.82 Å². The number of hydrogen-bond acceptors (Lipinski definition) is 4. The Morgan fingerprint density at radius 1 is 1.50 bits per heavy atom. The lowest BCUT2D eigenvalue weighted by atomic mass is 9.92. The quantitative estimate of drug-likeness (QED) is 0.853. The predicted octanol–water partition coefficient (Wildman–Crippen LogP) is 3.27. The van der Waals surface area contributed by atoms with Gasteiger partial charge >= 0.3 is 0 Å². The second kappa shape index (κ2) is 5.41. The molecule has 1 aliphatic carbocycles. The number of halogens is 1. The third-order valence-corrected chi connectivity index (χ3v) is 3.53. The summed E-state index contributed by atoms with van der Waals surface area (Å²) in [6.07, 6.45) is 3.58. The average molecular weight is 270 g/mol. The molecule has 0 aromatic carbocycles. The number of anilines is 1. The number of nitrogens with zero attached hydrogens (tertiary/aromatic N) is 2. The van der Waals surface area contributed by atoms with E-state index in [9.17, 15) is 0 Å². The monoisotopic (exact) mass is 269 g/mol. The molecule has 1 atom stereocenters. The Balaban J connectivity index is 2.05. The van der Waals surface area contributed by atoms with Crippen LogP contribution in [0.25, 0.3) is 0 Å². The molecule has 1 aromatic rings. The summed E-state index contributed by atoms with van der Waals surface area (Å²) in [6, 6.07) is 2.24. The van der Waals surface area contributed by atoms with E-state index in [1.165, 1.54) is 12.8 Å². The van der Waals surface area contributed by atoms with Gasteiger partial charge in [-0.2, -0.15) is 0 Å². The maximum atomic E-state index is 5.98. The first-order valence-electron chi connectivity index (χ1n) is 6.27. The van der Waals surface area contributed by atoms with E-state index < -0.39 is 0 Å². The number of hydrogen-bond donors (Lipinski definition) is 1. The highest BCUT2D eigenvalue weighted by atomic mass is 35.5. The van der Waals surface area contributed by atoms with Gasteiger partial charge < -0.3 is 10.1 Å². The summed E-state index contributed by atoms with van der Waals surface area (Å²) in [5, 5.41) is 3.90. The van der Waals surface area contributed by atoms with Gasteiger partial charge in [-0.1, -0.05) is 25.4 Å². The molecule has 0 saturated heterocycles. The highest BCUT2D eigenvalue weighted by molar-refractivity contribution is 6.29. The SMILES string of the molecule is COCc1nc(Cl)cc(NC2CCC(C)(C)C2)n1. The molecule has 1 fully saturated rings. The van der Waals surface area contributed by atoms with Crippen LogP contribution in [0.5, 0.6) is 0 Å². The molecule has 100 valence electrons. The molecule has 2 rings (SSSR count). The molecule has 0 spiro atoms. The highest BCUT2D eigenvalue weighted by Gasteiger charge is 2.30. The molecule has 1 N–H and O–H groups in total. The Bertz CT molecular complexity index is 423. The lowest BCUT2D eigenvalue weighted by Gasteiger charge is -2.18. The van der Waals surface area contributed by atoms with Crippen LogP contribution >= 0.6 is 11.6 Å². The van der Waals surface area contributed by atoms with E-state index in [0.29, 0.717) is 29.0 Å². The Morgan fingerprint density at radius 3 is 2.89 bits per heavy atom. The van der Waals surface area contributed by atoms with E-state index in [0.717, 1.165) is 12.2 Å². The van der Waals surface area contributed by atoms with Crippen LogP contribution in [-0.2, 0) is 11.3 Å². The first-order chi connectivity index (χ1) is 8.48. The van der Waals surface area contributed by atoms with Gasteiger partial charge in [0, 0.05) is 19.2 Å². The molecule has 4 nitrogen and oxygen atoms in total. The molecule has 18 heavy (non-hydrogen) atoms. The molecule has 1 aromatic heterocycles. The van der Waals surface area contributed by atoms with Crippen molar-refractivity contribution >= 4 is 17.4 Å². The number of ether oxygens (including phenoxy) is 1. The van der Waals surface area contributed by atoms with Crippen molar-refractivity contribution in [2.75, 3.05) is 12.4 Å². The normalized spacial score (nSPS) is 22.1. The van der Waals surface area contributed by atoms with Gasteiger partial charge in [-0.25, -0.2) is 9.97 Å². The predicted molar refractivity (Wildman–Crippen MR) is 72.8 cm³/mol. The lowest BCUT2D eigenvalue weighted by Crippen LogP contribution is -2.19. The van der Waals surface area contributed by atoms with Crippen molar-refractivity contribution in [3.05, 3.63) is 17.0 Å². The number of methoxy groups -OCH3 is 1. The molecular formula is C13H20ClN3O. The van der Waals surface area contributed by atoms with Crippen molar-refractivity contribution in [3.63, 3.8) is 0 Å². The number of aromatic nitrogens is 2. The summed E-state index contributed by atoms with van der Waals surface area (Å²) in [5.74, 6) is 1.41. The number of rotatable bonds is 4. The zero-order chi connectivity index (χ0) is 13.2. The molecule has 1 heterocycles. The molecule has 1 aliphatic rings. The van der Waals surface area contributed by atoms with Gasteiger partial charge in [0.2, 0.25) is 0 Å². The fraction of sp³-hybridized carbons (Fsp3) is 0.692. The van der Waals surface area contributed by atoms with Gasteiger partial charge in [-0.05, 0) is 24.7 Å². The largest absolute Gasteiger partial charge is 0.377 e. The molecule has 0 amide bonds. The van der Waals surface area contributed by atoms with E-state index in [2.05, 4.69) is 29.1 Å². The third-order valence-electron chi connectivity index (χ3n) is 3.34. The summed E-state index contributed by atoms with van der Waals surface area (Å²) in [6.45, 7) is 4.99. The first-order valence-corrected chi connectivity index (χ1v) is 6.65. The fourth-order valence-corrected chi connectivity index (χ4v) is 2.70. The fourth-order valence-electron chi connectivity index (χ4n) is 2.50. The zero-order valence-corrected chi connectivity index (χ0v) is 11.9. The Morgan fingerprint density at radius 2 is 2.28 bits per heavy atom. The molecule has 1 unspecified atom stereocenters. The van der Waals surface area contributed by atoms with Crippen LogP contribution in [0.2, 0.25) is 5.15 Å². The van der Waals surface area contributed by atoms with Crippen molar-refractivity contribution in [3.8, 4) is 0 Å². The van der Waals surface area contributed by atoms with Crippen molar-refractivity contribution in [1.82, 2.24) is 9.97 Å². The Labute approximate surface area is 113 Å². The summed E-state index contributed by atoms with van der Waals surface area (Å²) in [4.78, 5) is 8.52. The molecule has 5 heteroatoms. The van der Waals surface area contributed by atoms with Crippen LogP contribution in [-0.4, -0.2) is 23.1 Å². The second-order valence-electron chi connectivity index (χ2n) is 5.67. The Kier molecular flexibility index (Phi) is 4.07. The van der Waals surface area contributed by atoms with Gasteiger partial charge in [-0.3, -0.25) is 0 Å². The summed E-state index contributed by atoms with van der Waals surface area (Å²) >= 11 is 5.98. The van der Waals surface area contributed by atoms with Gasteiger partial charge in [-0.15, -0.1) is 0 Å². The topological polar surface area (TPSA) is 47.0 Å². The molecule has 1 saturated carbocycles. The molecule has 0 aliphatic heterocycles. The van der Waals surface area contributed by atoms with E-state index in [-0.39, 0.29) is 0 Å². The smallest absolute Gasteiger partial charge is 0.158 e. The van der Waals surface area contributed by atoms with Gasteiger partial charge in [0.05, 0.1) is 0 Å². The van der Waals surface area contributed by atoms with Crippen LogP contribution in [0.1, 0.15) is 38.9 Å². The van der Waals surface area contributed by atoms with Gasteiger partial charge in [0.25, 0.3) is 0 Å². The highest BCUT2D eigenvalue weighted by Crippen LogP contribution is 2.38. The Hall–Kier alpha value is -0.870. The summed E-state index contributed by atoms with van der Waals surface area (Å²) < 4.78 is 5.03. The minimum atomic E-state index is 0.380. The second-order valence-corrected chi connectivity index (χ2v) is 6.06. The minimum Gasteiger partial charge on any atom is -0.377 e. The third kappa shape index (κ3) is 3.56. The summed E-state index contributed by atoms with van der Waals surface area (Å²) in [7, 11) is 1.62. The van der Waals surface area contributed by atoms with Crippen molar-refractivity contribution in [2.45, 2.75) is 45.8 Å². The summed E-state index contributed by atoms with van der Waals surface area (Å²) in [5.41, 5.74) is 0.420. The standard InChI is InChI=1S/C13H20ClN3O/c1-13(2)5-4-9(7-13)15-11-6-10(14)16-12(17-11)8-18-3/h6,9H,4-5,7-8H2,1-3H3,(H,15,16,17). The van der Waals surface area contributed by atoms with Crippen molar-refractivity contribution in [2.24, 2.45) is 5.41 Å². The van der Waals surface area contributed by atoms with Gasteiger partial charge in [0.15, 0.2) is 5.82 Å². The van der Waals surface area contributed by atoms with Crippen LogP contribution in [0.3, 0.4) is 0 Å². The lowest BCUT2D eigenvalue weighted by molar-refractivity contribution is 0.178. The molecule has 0 radical (unpaired) electrons. The van der Waals surface area contributed by atoms with Crippen LogP contribution in [0, 0.1) is 5.41 Å². The van der Waals surface area contributed by atoms with Crippen molar-refractivity contribution < 1.29 is 4.74 Å². The zero-order valence-electron chi connectivity index (χ0n) is 11.2. The maximum Gasteiger partial charge on any atom is 0.158 e. The van der Waals surface area contributed by atoms with Crippen molar-refractivity contribution in [1.29, 1.82) is 0 Å². The van der Waals surface area contributed by atoms with E-state index in [1.807, 2.05) is 0 Å².